The Morgan fingerprint density at radius 1 is 1.00 bits per heavy atom. The van der Waals surface area contributed by atoms with E-state index < -0.39 is 23.5 Å². The molecule has 3 aromatic rings. The predicted octanol–water partition coefficient (Wildman–Crippen LogP) is 1.91. The van der Waals surface area contributed by atoms with Gasteiger partial charge in [-0.1, -0.05) is 48.5 Å². The smallest absolute Gasteiger partial charge is 0.340 e. The predicted molar refractivity (Wildman–Crippen MR) is 88.4 cm³/mol. The molecule has 24 heavy (non-hydrogen) atoms. The second-order valence-corrected chi connectivity index (χ2v) is 5.19. The number of rotatable bonds is 4. The lowest BCUT2D eigenvalue weighted by atomic mass is 10.1. The van der Waals surface area contributed by atoms with Crippen LogP contribution in [-0.2, 0) is 9.53 Å². The Balaban J connectivity index is 2.00. The Morgan fingerprint density at radius 2 is 1.67 bits per heavy atom. The summed E-state index contributed by atoms with van der Waals surface area (Å²) < 4.78 is 5.28. The summed E-state index contributed by atoms with van der Waals surface area (Å²) in [7, 11) is 0. The van der Waals surface area contributed by atoms with E-state index in [1.54, 1.807) is 54.6 Å². The average Bonchev–Trinajstić information content (AvgIpc) is 2.59. The molecular formula is C18H14N2O4. The number of nitrogens with two attached hydrogens (primary N) is 1. The second kappa shape index (κ2) is 6.37. The number of aromatic amines is 1. The lowest BCUT2D eigenvalue weighted by Crippen LogP contribution is -2.26. The van der Waals surface area contributed by atoms with Crippen molar-refractivity contribution in [2.45, 2.75) is 6.10 Å². The summed E-state index contributed by atoms with van der Waals surface area (Å²) in [6, 6.07) is 16.5. The molecule has 0 bridgehead atoms. The summed E-state index contributed by atoms with van der Waals surface area (Å²) in [4.78, 5) is 38.6. The first-order valence-electron chi connectivity index (χ1n) is 7.23. The van der Waals surface area contributed by atoms with Gasteiger partial charge in [0.15, 0.2) is 0 Å². The number of hydrogen-bond acceptors (Lipinski definition) is 4. The molecule has 3 N–H and O–H groups in total. The highest BCUT2D eigenvalue weighted by atomic mass is 16.5. The second-order valence-electron chi connectivity index (χ2n) is 5.19. The molecule has 0 unspecified atom stereocenters. The Labute approximate surface area is 136 Å². The zero-order chi connectivity index (χ0) is 17.1. The van der Waals surface area contributed by atoms with Crippen LogP contribution in [0.5, 0.6) is 0 Å². The van der Waals surface area contributed by atoms with E-state index in [2.05, 4.69) is 4.98 Å². The van der Waals surface area contributed by atoms with Gasteiger partial charge in [-0.3, -0.25) is 9.59 Å². The van der Waals surface area contributed by atoms with E-state index in [1.807, 2.05) is 0 Å². The summed E-state index contributed by atoms with van der Waals surface area (Å²) >= 11 is 0. The summed E-state index contributed by atoms with van der Waals surface area (Å²) in [6.45, 7) is 0. The third-order valence-electron chi connectivity index (χ3n) is 3.56. The molecule has 2 aromatic carbocycles. The van der Waals surface area contributed by atoms with Crippen molar-refractivity contribution in [2.75, 3.05) is 0 Å². The number of carbonyl (C=O) groups excluding carboxylic acids is 2. The van der Waals surface area contributed by atoms with Gasteiger partial charge in [0.1, 0.15) is 0 Å². The van der Waals surface area contributed by atoms with Crippen molar-refractivity contribution in [3.05, 3.63) is 82.1 Å². The van der Waals surface area contributed by atoms with E-state index in [0.29, 0.717) is 16.5 Å². The minimum Gasteiger partial charge on any atom is -0.444 e. The maximum atomic E-state index is 12.5. The van der Waals surface area contributed by atoms with E-state index in [-0.39, 0.29) is 5.56 Å². The minimum absolute atomic E-state index is 0.0801. The molecule has 0 fully saturated rings. The number of primary amides is 1. The normalized spacial score (nSPS) is 11.8. The molecule has 0 aliphatic heterocycles. The zero-order valence-corrected chi connectivity index (χ0v) is 12.6. The van der Waals surface area contributed by atoms with Gasteiger partial charge >= 0.3 is 5.97 Å². The van der Waals surface area contributed by atoms with E-state index in [9.17, 15) is 14.4 Å². The van der Waals surface area contributed by atoms with Gasteiger partial charge in [0.2, 0.25) is 11.7 Å². The number of hydrogen-bond donors (Lipinski definition) is 2. The van der Waals surface area contributed by atoms with Crippen LogP contribution in [0.3, 0.4) is 0 Å². The number of benzene rings is 2. The number of esters is 1. The first kappa shape index (κ1) is 15.5. The fraction of sp³-hybridized carbons (Fsp3) is 0.0556. The van der Waals surface area contributed by atoms with Crippen LogP contribution in [0.25, 0.3) is 10.9 Å². The molecule has 0 spiro atoms. The maximum absolute atomic E-state index is 12.5. The minimum atomic E-state index is -1.23. The molecule has 0 saturated heterocycles. The Bertz CT molecular complexity index is 963. The average molecular weight is 322 g/mol. The molecule has 0 radical (unpaired) electrons. The number of amides is 1. The molecule has 1 amide bonds. The van der Waals surface area contributed by atoms with Crippen LogP contribution in [0.1, 0.15) is 22.0 Å². The molecule has 1 atom stereocenters. The van der Waals surface area contributed by atoms with Crippen molar-refractivity contribution in [3.63, 3.8) is 0 Å². The topological polar surface area (TPSA) is 102 Å². The Morgan fingerprint density at radius 3 is 2.38 bits per heavy atom. The summed E-state index contributed by atoms with van der Waals surface area (Å²) in [5.41, 5.74) is 5.97. The number of carbonyl (C=O) groups is 2. The van der Waals surface area contributed by atoms with E-state index in [0.717, 1.165) is 6.07 Å². The molecular weight excluding hydrogens is 308 g/mol. The molecule has 0 aliphatic carbocycles. The highest BCUT2D eigenvalue weighted by Crippen LogP contribution is 2.21. The van der Waals surface area contributed by atoms with Gasteiger partial charge in [-0.15, -0.1) is 0 Å². The number of para-hydroxylation sites is 1. The summed E-state index contributed by atoms with van der Waals surface area (Å²) in [5.74, 6) is -1.58. The zero-order valence-electron chi connectivity index (χ0n) is 12.6. The molecule has 3 rings (SSSR count). The van der Waals surface area contributed by atoms with Crippen LogP contribution >= 0.6 is 0 Å². The standard InChI is InChI=1S/C18H14N2O4/c19-17(22)16(11-6-2-1-3-7-11)24-18(23)13-10-15(21)20-14-9-5-4-8-12(13)14/h1-10,16H,(H2,19,22)(H,20,21)/t16-/m1/s1. The molecule has 1 heterocycles. The van der Waals surface area contributed by atoms with Crippen LogP contribution < -0.4 is 11.3 Å². The van der Waals surface area contributed by atoms with Gasteiger partial charge in [-0.25, -0.2) is 4.79 Å². The first-order valence-corrected chi connectivity index (χ1v) is 7.23. The Hall–Kier alpha value is -3.41. The SMILES string of the molecule is NC(=O)[C@H](OC(=O)c1cc(=O)[nH]c2ccccc12)c1ccccc1. The van der Waals surface area contributed by atoms with Gasteiger partial charge in [0.25, 0.3) is 5.91 Å². The lowest BCUT2D eigenvalue weighted by Gasteiger charge is -2.15. The number of pyridine rings is 1. The van der Waals surface area contributed by atoms with Crippen LogP contribution in [-0.4, -0.2) is 16.9 Å². The van der Waals surface area contributed by atoms with E-state index >= 15 is 0 Å². The molecule has 1 aromatic heterocycles. The van der Waals surface area contributed by atoms with E-state index in [4.69, 9.17) is 10.5 Å². The largest absolute Gasteiger partial charge is 0.444 e. The fourth-order valence-corrected chi connectivity index (χ4v) is 2.46. The van der Waals surface area contributed by atoms with Crippen LogP contribution in [0.2, 0.25) is 0 Å². The number of ether oxygens (including phenoxy) is 1. The molecule has 6 heteroatoms. The number of fused-ring (bicyclic) bond motifs is 1. The van der Waals surface area contributed by atoms with Crippen LogP contribution in [0, 0.1) is 0 Å². The summed E-state index contributed by atoms with van der Waals surface area (Å²) in [5, 5.41) is 0.526. The summed E-state index contributed by atoms with van der Waals surface area (Å²) in [6.07, 6.45) is -1.23. The monoisotopic (exact) mass is 322 g/mol. The molecule has 120 valence electrons. The Kier molecular flexibility index (Phi) is 4.11. The van der Waals surface area contributed by atoms with Crippen LogP contribution in [0.15, 0.2) is 65.5 Å². The highest BCUT2D eigenvalue weighted by molar-refractivity contribution is 6.04. The van der Waals surface area contributed by atoms with Crippen molar-refractivity contribution in [2.24, 2.45) is 5.73 Å². The van der Waals surface area contributed by atoms with Crippen LogP contribution in [0.4, 0.5) is 0 Å². The fourth-order valence-electron chi connectivity index (χ4n) is 2.46. The molecule has 0 saturated carbocycles. The number of nitrogens with one attached hydrogen (secondary N) is 1. The van der Waals surface area contributed by atoms with Gasteiger partial charge in [0.05, 0.1) is 5.56 Å². The molecule has 0 aliphatic rings. The van der Waals surface area contributed by atoms with Crippen molar-refractivity contribution in [3.8, 4) is 0 Å². The van der Waals surface area contributed by atoms with Crippen molar-refractivity contribution >= 4 is 22.8 Å². The van der Waals surface area contributed by atoms with Crippen molar-refractivity contribution in [1.29, 1.82) is 0 Å². The third kappa shape index (κ3) is 3.03. The first-order chi connectivity index (χ1) is 11.6. The van der Waals surface area contributed by atoms with Gasteiger partial charge in [-0.05, 0) is 6.07 Å². The molecule has 6 nitrogen and oxygen atoms in total. The quantitative estimate of drug-likeness (QED) is 0.716. The van der Waals surface area contributed by atoms with Crippen molar-refractivity contribution in [1.82, 2.24) is 4.98 Å². The van der Waals surface area contributed by atoms with Gasteiger partial charge < -0.3 is 15.5 Å². The maximum Gasteiger partial charge on any atom is 0.340 e. The number of aromatic nitrogens is 1. The third-order valence-corrected chi connectivity index (χ3v) is 3.56. The number of H-pyrrole nitrogens is 1. The highest BCUT2D eigenvalue weighted by Gasteiger charge is 2.24. The van der Waals surface area contributed by atoms with E-state index in [1.165, 1.54) is 0 Å². The lowest BCUT2D eigenvalue weighted by molar-refractivity contribution is -0.127. The van der Waals surface area contributed by atoms with Gasteiger partial charge in [0, 0.05) is 22.5 Å². The van der Waals surface area contributed by atoms with Gasteiger partial charge in [-0.2, -0.15) is 0 Å². The van der Waals surface area contributed by atoms with Crippen molar-refractivity contribution < 1.29 is 14.3 Å².